The van der Waals surface area contributed by atoms with Crippen molar-refractivity contribution in [3.05, 3.63) is 42.0 Å². The summed E-state index contributed by atoms with van der Waals surface area (Å²) in [5, 5.41) is 0. The molecule has 0 saturated heterocycles. The number of nitrogen functional groups attached to an aromatic ring is 1. The lowest BCUT2D eigenvalue weighted by Gasteiger charge is -2.22. The van der Waals surface area contributed by atoms with E-state index in [1.165, 1.54) is 12.1 Å². The fraction of sp³-hybridized carbons (Fsp3) is 0.333. The van der Waals surface area contributed by atoms with Gasteiger partial charge in [0, 0.05) is 24.2 Å². The first-order valence-corrected chi connectivity index (χ1v) is 6.42. The third kappa shape index (κ3) is 3.04. The fourth-order valence-electron chi connectivity index (χ4n) is 1.76. The predicted octanol–water partition coefficient (Wildman–Crippen LogP) is 3.26. The zero-order chi connectivity index (χ0) is 14.9. The third-order valence-corrected chi connectivity index (χ3v) is 2.96. The van der Waals surface area contributed by atoms with Gasteiger partial charge >= 0.3 is 0 Å². The van der Waals surface area contributed by atoms with E-state index < -0.39 is 0 Å². The molecule has 2 rings (SSSR count). The standard InChI is InChI=1S/C15H19FN4/c1-15(2,3)14-18-12(17)9-13(19-14)20(4)11-7-5-10(16)6-8-11/h5-9H,1-4H3,(H2,17,18,19). The van der Waals surface area contributed by atoms with Gasteiger partial charge in [0.15, 0.2) is 0 Å². The fourth-order valence-corrected chi connectivity index (χ4v) is 1.76. The van der Waals surface area contributed by atoms with E-state index in [-0.39, 0.29) is 11.2 Å². The summed E-state index contributed by atoms with van der Waals surface area (Å²) >= 11 is 0. The van der Waals surface area contributed by atoms with Crippen LogP contribution in [0, 0.1) is 5.82 Å². The largest absolute Gasteiger partial charge is 0.384 e. The van der Waals surface area contributed by atoms with E-state index in [4.69, 9.17) is 5.73 Å². The molecule has 5 heteroatoms. The molecule has 0 atom stereocenters. The van der Waals surface area contributed by atoms with Crippen LogP contribution in [-0.2, 0) is 5.41 Å². The maximum absolute atomic E-state index is 13.0. The molecule has 1 heterocycles. The Morgan fingerprint density at radius 3 is 2.25 bits per heavy atom. The summed E-state index contributed by atoms with van der Waals surface area (Å²) in [6.45, 7) is 6.09. The maximum Gasteiger partial charge on any atom is 0.138 e. The molecule has 106 valence electrons. The second-order valence-corrected chi connectivity index (χ2v) is 5.76. The monoisotopic (exact) mass is 274 g/mol. The Labute approximate surface area is 118 Å². The van der Waals surface area contributed by atoms with Gasteiger partial charge in [-0.05, 0) is 24.3 Å². The topological polar surface area (TPSA) is 55.0 Å². The van der Waals surface area contributed by atoms with Crippen molar-refractivity contribution in [3.63, 3.8) is 0 Å². The molecule has 0 unspecified atom stereocenters. The van der Waals surface area contributed by atoms with Crippen molar-refractivity contribution in [1.82, 2.24) is 9.97 Å². The molecule has 0 fully saturated rings. The highest BCUT2D eigenvalue weighted by molar-refractivity contribution is 5.61. The van der Waals surface area contributed by atoms with Crippen molar-refractivity contribution in [2.45, 2.75) is 26.2 Å². The summed E-state index contributed by atoms with van der Waals surface area (Å²) in [6, 6.07) is 7.94. The zero-order valence-electron chi connectivity index (χ0n) is 12.2. The van der Waals surface area contributed by atoms with Gasteiger partial charge in [-0.2, -0.15) is 0 Å². The van der Waals surface area contributed by atoms with Crippen LogP contribution in [0.2, 0.25) is 0 Å². The predicted molar refractivity (Wildman–Crippen MR) is 79.6 cm³/mol. The number of hydrogen-bond acceptors (Lipinski definition) is 4. The number of anilines is 3. The van der Waals surface area contributed by atoms with Crippen molar-refractivity contribution in [3.8, 4) is 0 Å². The molecule has 20 heavy (non-hydrogen) atoms. The Balaban J connectivity index is 2.42. The smallest absolute Gasteiger partial charge is 0.138 e. The molecule has 0 aliphatic carbocycles. The van der Waals surface area contributed by atoms with Crippen molar-refractivity contribution < 1.29 is 4.39 Å². The maximum atomic E-state index is 13.0. The molecule has 1 aromatic heterocycles. The second-order valence-electron chi connectivity index (χ2n) is 5.76. The lowest BCUT2D eigenvalue weighted by atomic mass is 9.96. The van der Waals surface area contributed by atoms with Crippen LogP contribution in [0.4, 0.5) is 21.7 Å². The summed E-state index contributed by atoms with van der Waals surface area (Å²) in [6.07, 6.45) is 0. The van der Waals surface area contributed by atoms with Crippen LogP contribution in [0.3, 0.4) is 0 Å². The first-order valence-electron chi connectivity index (χ1n) is 6.42. The highest BCUT2D eigenvalue weighted by atomic mass is 19.1. The minimum Gasteiger partial charge on any atom is -0.384 e. The van der Waals surface area contributed by atoms with Gasteiger partial charge in [-0.25, -0.2) is 14.4 Å². The first kappa shape index (κ1) is 14.2. The number of nitrogens with two attached hydrogens (primary N) is 1. The van der Waals surface area contributed by atoms with Crippen molar-refractivity contribution in [2.75, 3.05) is 17.7 Å². The number of halogens is 1. The van der Waals surface area contributed by atoms with Crippen LogP contribution in [0.25, 0.3) is 0 Å². The summed E-state index contributed by atoms with van der Waals surface area (Å²) in [4.78, 5) is 10.7. The van der Waals surface area contributed by atoms with Crippen LogP contribution in [0.1, 0.15) is 26.6 Å². The number of nitrogens with zero attached hydrogens (tertiary/aromatic N) is 3. The van der Waals surface area contributed by atoms with Crippen molar-refractivity contribution >= 4 is 17.3 Å². The van der Waals surface area contributed by atoms with Gasteiger partial charge in [-0.3, -0.25) is 0 Å². The lowest BCUT2D eigenvalue weighted by molar-refractivity contribution is 0.546. The Kier molecular flexibility index (Phi) is 3.61. The van der Waals surface area contributed by atoms with E-state index in [1.807, 2.05) is 32.7 Å². The van der Waals surface area contributed by atoms with Crippen LogP contribution in [0.5, 0.6) is 0 Å². The van der Waals surface area contributed by atoms with Crippen molar-refractivity contribution in [2.24, 2.45) is 0 Å². The molecule has 4 nitrogen and oxygen atoms in total. The quantitative estimate of drug-likeness (QED) is 0.913. The number of benzene rings is 1. The van der Waals surface area contributed by atoms with Crippen molar-refractivity contribution in [1.29, 1.82) is 0 Å². The Hall–Kier alpha value is -2.17. The summed E-state index contributed by atoms with van der Waals surface area (Å²) in [5.74, 6) is 1.53. The van der Waals surface area contributed by atoms with E-state index in [9.17, 15) is 4.39 Å². The third-order valence-electron chi connectivity index (χ3n) is 2.96. The molecular formula is C15H19FN4. The van der Waals surface area contributed by atoms with E-state index in [0.29, 0.717) is 17.5 Å². The summed E-state index contributed by atoms with van der Waals surface area (Å²) < 4.78 is 13.0. The van der Waals surface area contributed by atoms with Crippen LogP contribution in [-0.4, -0.2) is 17.0 Å². The molecular weight excluding hydrogens is 255 g/mol. The van der Waals surface area contributed by atoms with Gasteiger partial charge in [-0.1, -0.05) is 20.8 Å². The molecule has 0 amide bonds. The molecule has 2 N–H and O–H groups in total. The van der Waals surface area contributed by atoms with E-state index in [1.54, 1.807) is 18.2 Å². The van der Waals surface area contributed by atoms with Crippen LogP contribution in [0.15, 0.2) is 30.3 Å². The van der Waals surface area contributed by atoms with Crippen LogP contribution >= 0.6 is 0 Å². The molecule has 0 aliphatic rings. The van der Waals surface area contributed by atoms with Gasteiger partial charge in [0.1, 0.15) is 23.3 Å². The highest BCUT2D eigenvalue weighted by Crippen LogP contribution is 2.26. The van der Waals surface area contributed by atoms with E-state index in [2.05, 4.69) is 9.97 Å². The summed E-state index contributed by atoms with van der Waals surface area (Å²) in [5.41, 5.74) is 6.51. The Bertz CT molecular complexity index is 602. The van der Waals surface area contributed by atoms with Gasteiger partial charge in [0.25, 0.3) is 0 Å². The van der Waals surface area contributed by atoms with Gasteiger partial charge in [-0.15, -0.1) is 0 Å². The second kappa shape index (κ2) is 5.07. The molecule has 0 spiro atoms. The van der Waals surface area contributed by atoms with E-state index >= 15 is 0 Å². The summed E-state index contributed by atoms with van der Waals surface area (Å²) in [7, 11) is 1.86. The lowest BCUT2D eigenvalue weighted by Crippen LogP contribution is -2.20. The molecule has 0 bridgehead atoms. The normalized spacial score (nSPS) is 11.4. The minimum absolute atomic E-state index is 0.187. The molecule has 0 radical (unpaired) electrons. The SMILES string of the molecule is CN(c1ccc(F)cc1)c1cc(N)nc(C(C)(C)C)n1. The number of rotatable bonds is 2. The molecule has 0 saturated carbocycles. The van der Waals surface area contributed by atoms with Gasteiger partial charge in [0.05, 0.1) is 0 Å². The van der Waals surface area contributed by atoms with Gasteiger partial charge < -0.3 is 10.6 Å². The Morgan fingerprint density at radius 1 is 1.10 bits per heavy atom. The zero-order valence-corrected chi connectivity index (χ0v) is 12.2. The Morgan fingerprint density at radius 2 is 1.70 bits per heavy atom. The molecule has 2 aromatic rings. The first-order chi connectivity index (χ1) is 9.27. The minimum atomic E-state index is -0.264. The number of hydrogen-bond donors (Lipinski definition) is 1. The van der Waals surface area contributed by atoms with Crippen LogP contribution < -0.4 is 10.6 Å². The van der Waals surface area contributed by atoms with E-state index in [0.717, 1.165) is 5.69 Å². The average Bonchev–Trinajstić information content (AvgIpc) is 2.37. The molecule has 0 aliphatic heterocycles. The number of aromatic nitrogens is 2. The molecule has 1 aromatic carbocycles. The highest BCUT2D eigenvalue weighted by Gasteiger charge is 2.19. The average molecular weight is 274 g/mol. The van der Waals surface area contributed by atoms with Gasteiger partial charge in [0.2, 0.25) is 0 Å².